The van der Waals surface area contributed by atoms with Gasteiger partial charge in [-0.25, -0.2) is 4.79 Å². The number of carbonyl (C=O) groups is 2. The van der Waals surface area contributed by atoms with E-state index in [4.69, 9.17) is 5.11 Å². The SMILES string of the molecule is Cc1ccc(C(=O)NC[C@@H](C)C(C)NC(=O)O)cc1. The van der Waals surface area contributed by atoms with Gasteiger partial charge in [-0.15, -0.1) is 0 Å². The summed E-state index contributed by atoms with van der Waals surface area (Å²) < 4.78 is 0. The molecule has 19 heavy (non-hydrogen) atoms. The molecule has 0 fully saturated rings. The zero-order valence-electron chi connectivity index (χ0n) is 11.4. The summed E-state index contributed by atoms with van der Waals surface area (Å²) in [5.41, 5.74) is 1.71. The van der Waals surface area contributed by atoms with Crippen LogP contribution in [0.4, 0.5) is 4.79 Å². The Balaban J connectivity index is 2.45. The smallest absolute Gasteiger partial charge is 0.404 e. The Morgan fingerprint density at radius 3 is 2.32 bits per heavy atom. The minimum atomic E-state index is -1.05. The van der Waals surface area contributed by atoms with Crippen molar-refractivity contribution >= 4 is 12.0 Å². The van der Waals surface area contributed by atoms with Crippen molar-refractivity contribution in [1.29, 1.82) is 0 Å². The van der Waals surface area contributed by atoms with Crippen molar-refractivity contribution in [2.45, 2.75) is 26.8 Å². The average Bonchev–Trinajstić information content (AvgIpc) is 2.35. The molecule has 0 saturated carbocycles. The maximum absolute atomic E-state index is 11.9. The van der Waals surface area contributed by atoms with E-state index < -0.39 is 6.09 Å². The zero-order valence-corrected chi connectivity index (χ0v) is 11.4. The van der Waals surface area contributed by atoms with E-state index in [0.717, 1.165) is 5.56 Å². The van der Waals surface area contributed by atoms with Gasteiger partial charge in [-0.05, 0) is 31.9 Å². The van der Waals surface area contributed by atoms with Crippen LogP contribution in [0, 0.1) is 12.8 Å². The topological polar surface area (TPSA) is 78.4 Å². The zero-order chi connectivity index (χ0) is 14.4. The molecule has 104 valence electrons. The summed E-state index contributed by atoms with van der Waals surface area (Å²) in [7, 11) is 0. The van der Waals surface area contributed by atoms with E-state index in [9.17, 15) is 9.59 Å². The molecule has 3 N–H and O–H groups in total. The van der Waals surface area contributed by atoms with E-state index in [-0.39, 0.29) is 17.9 Å². The fraction of sp³-hybridized carbons (Fsp3) is 0.429. The molecular weight excluding hydrogens is 244 g/mol. The van der Waals surface area contributed by atoms with Crippen molar-refractivity contribution in [2.75, 3.05) is 6.54 Å². The second kappa shape index (κ2) is 6.78. The molecule has 0 aliphatic carbocycles. The predicted molar refractivity (Wildman–Crippen MR) is 73.3 cm³/mol. The maximum atomic E-state index is 11.9. The Morgan fingerprint density at radius 1 is 1.21 bits per heavy atom. The van der Waals surface area contributed by atoms with Gasteiger partial charge in [0.1, 0.15) is 0 Å². The molecule has 1 aromatic carbocycles. The summed E-state index contributed by atoms with van der Waals surface area (Å²) in [5, 5.41) is 13.8. The van der Waals surface area contributed by atoms with E-state index in [0.29, 0.717) is 12.1 Å². The first kappa shape index (κ1) is 15.0. The van der Waals surface area contributed by atoms with Gasteiger partial charge in [0, 0.05) is 18.2 Å². The summed E-state index contributed by atoms with van der Waals surface area (Å²) >= 11 is 0. The quantitative estimate of drug-likeness (QED) is 0.761. The van der Waals surface area contributed by atoms with Gasteiger partial charge in [-0.2, -0.15) is 0 Å². The third-order valence-corrected chi connectivity index (χ3v) is 3.10. The largest absolute Gasteiger partial charge is 0.465 e. The van der Waals surface area contributed by atoms with E-state index >= 15 is 0 Å². The van der Waals surface area contributed by atoms with Crippen LogP contribution in [0.1, 0.15) is 29.8 Å². The number of aryl methyl sites for hydroxylation is 1. The van der Waals surface area contributed by atoms with E-state index in [1.165, 1.54) is 0 Å². The fourth-order valence-electron chi connectivity index (χ4n) is 1.57. The molecule has 0 radical (unpaired) electrons. The number of carbonyl (C=O) groups excluding carboxylic acids is 1. The standard InChI is InChI=1S/C14H20N2O3/c1-9-4-6-12(7-5-9)13(17)15-8-10(2)11(3)16-14(18)19/h4-7,10-11,16H,8H2,1-3H3,(H,15,17)(H,18,19)/t10-,11?/m1/s1. The van der Waals surface area contributed by atoms with Crippen LogP contribution >= 0.6 is 0 Å². The van der Waals surface area contributed by atoms with Crippen LogP contribution in [0.2, 0.25) is 0 Å². The van der Waals surface area contributed by atoms with Crippen molar-refractivity contribution in [3.8, 4) is 0 Å². The number of benzene rings is 1. The van der Waals surface area contributed by atoms with Gasteiger partial charge in [0.2, 0.25) is 0 Å². The molecule has 5 nitrogen and oxygen atoms in total. The Bertz CT molecular complexity index is 443. The minimum absolute atomic E-state index is 0.0190. The highest BCUT2D eigenvalue weighted by Gasteiger charge is 2.15. The third kappa shape index (κ3) is 4.99. The maximum Gasteiger partial charge on any atom is 0.404 e. The van der Waals surface area contributed by atoms with Gasteiger partial charge < -0.3 is 15.7 Å². The Hall–Kier alpha value is -2.04. The van der Waals surface area contributed by atoms with Gasteiger partial charge in [0.15, 0.2) is 0 Å². The summed E-state index contributed by atoms with van der Waals surface area (Å²) in [5.74, 6) is -0.125. The van der Waals surface area contributed by atoms with Crippen molar-refractivity contribution in [3.63, 3.8) is 0 Å². The minimum Gasteiger partial charge on any atom is -0.465 e. The highest BCUT2D eigenvalue weighted by molar-refractivity contribution is 5.94. The lowest BCUT2D eigenvalue weighted by Gasteiger charge is -2.20. The molecule has 0 aliphatic heterocycles. The normalized spacial score (nSPS) is 13.4. The molecule has 0 aromatic heterocycles. The number of hydrogen-bond acceptors (Lipinski definition) is 2. The first-order chi connectivity index (χ1) is 8.90. The first-order valence-corrected chi connectivity index (χ1v) is 6.24. The second-order valence-corrected chi connectivity index (χ2v) is 4.79. The molecule has 0 aliphatic rings. The molecule has 0 bridgehead atoms. The summed E-state index contributed by atoms with van der Waals surface area (Å²) in [6.07, 6.45) is -1.05. The lowest BCUT2D eigenvalue weighted by Crippen LogP contribution is -2.41. The van der Waals surface area contributed by atoms with Gasteiger partial charge in [0.05, 0.1) is 0 Å². The molecule has 0 spiro atoms. The number of nitrogens with one attached hydrogen (secondary N) is 2. The highest BCUT2D eigenvalue weighted by atomic mass is 16.4. The monoisotopic (exact) mass is 264 g/mol. The fourth-order valence-corrected chi connectivity index (χ4v) is 1.57. The number of carboxylic acid groups (broad SMARTS) is 1. The summed E-state index contributed by atoms with van der Waals surface area (Å²) in [4.78, 5) is 22.4. The highest BCUT2D eigenvalue weighted by Crippen LogP contribution is 2.04. The van der Waals surface area contributed by atoms with E-state index in [1.54, 1.807) is 19.1 Å². The van der Waals surface area contributed by atoms with E-state index in [2.05, 4.69) is 10.6 Å². The molecule has 1 unspecified atom stereocenters. The molecule has 2 amide bonds. The Morgan fingerprint density at radius 2 is 1.79 bits per heavy atom. The number of amides is 2. The average molecular weight is 264 g/mol. The Labute approximate surface area is 113 Å². The lowest BCUT2D eigenvalue weighted by atomic mass is 10.0. The number of hydrogen-bond donors (Lipinski definition) is 3. The molecule has 5 heteroatoms. The second-order valence-electron chi connectivity index (χ2n) is 4.79. The van der Waals surface area contributed by atoms with Crippen LogP contribution in [-0.4, -0.2) is 29.7 Å². The van der Waals surface area contributed by atoms with Crippen LogP contribution in [-0.2, 0) is 0 Å². The third-order valence-electron chi connectivity index (χ3n) is 3.10. The first-order valence-electron chi connectivity index (χ1n) is 6.24. The molecule has 1 aromatic rings. The molecule has 0 heterocycles. The van der Waals surface area contributed by atoms with Gasteiger partial charge >= 0.3 is 6.09 Å². The molecule has 2 atom stereocenters. The lowest BCUT2D eigenvalue weighted by molar-refractivity contribution is 0.0946. The van der Waals surface area contributed by atoms with Crippen LogP contribution in [0.5, 0.6) is 0 Å². The summed E-state index contributed by atoms with van der Waals surface area (Å²) in [6, 6.07) is 7.10. The van der Waals surface area contributed by atoms with Crippen molar-refractivity contribution < 1.29 is 14.7 Å². The van der Waals surface area contributed by atoms with Crippen molar-refractivity contribution in [2.24, 2.45) is 5.92 Å². The van der Waals surface area contributed by atoms with Crippen LogP contribution in [0.25, 0.3) is 0 Å². The van der Waals surface area contributed by atoms with Gasteiger partial charge in [0.25, 0.3) is 5.91 Å². The van der Waals surface area contributed by atoms with E-state index in [1.807, 2.05) is 26.0 Å². The van der Waals surface area contributed by atoms with Crippen LogP contribution < -0.4 is 10.6 Å². The van der Waals surface area contributed by atoms with Gasteiger partial charge in [-0.1, -0.05) is 24.6 Å². The molecule has 1 rings (SSSR count). The summed E-state index contributed by atoms with van der Waals surface area (Å²) in [6.45, 7) is 6.05. The Kier molecular flexibility index (Phi) is 5.36. The van der Waals surface area contributed by atoms with Crippen molar-refractivity contribution in [3.05, 3.63) is 35.4 Å². The van der Waals surface area contributed by atoms with Crippen molar-refractivity contribution in [1.82, 2.24) is 10.6 Å². The molecular formula is C14H20N2O3. The van der Waals surface area contributed by atoms with Gasteiger partial charge in [-0.3, -0.25) is 4.79 Å². The predicted octanol–water partition coefficient (Wildman–Crippen LogP) is 2.02. The number of rotatable bonds is 5. The van der Waals surface area contributed by atoms with Crippen LogP contribution in [0.15, 0.2) is 24.3 Å². The molecule has 0 saturated heterocycles. The van der Waals surface area contributed by atoms with Crippen LogP contribution in [0.3, 0.4) is 0 Å².